The fraction of sp³-hybridized carbons (Fsp3) is 0.833. The largest absolute Gasteiger partial charge is 0.356 e. The average molecular weight is 339 g/mol. The Labute approximate surface area is 145 Å². The molecule has 0 aromatic heterocycles. The molecule has 24 heavy (non-hydrogen) atoms. The van der Waals surface area contributed by atoms with Crippen LogP contribution < -0.4 is 16.0 Å². The highest BCUT2D eigenvalue weighted by Gasteiger charge is 2.04. The Bertz CT molecular complexity index is 299. The zero-order valence-electron chi connectivity index (χ0n) is 14.8. The van der Waals surface area contributed by atoms with Crippen LogP contribution in [0.25, 0.3) is 0 Å². The van der Waals surface area contributed by atoms with Gasteiger partial charge in [0.25, 0.3) is 0 Å². The maximum atomic E-state index is 10.6. The maximum Gasteiger partial charge on any atom is 0.219 e. The minimum atomic E-state index is 0.225. The van der Waals surface area contributed by atoms with Gasteiger partial charge in [-0.25, -0.2) is 0 Å². The van der Waals surface area contributed by atoms with Gasteiger partial charge in [0, 0.05) is 38.9 Å². The Morgan fingerprint density at radius 1 is 0.417 bits per heavy atom. The summed E-state index contributed by atoms with van der Waals surface area (Å²) in [7, 11) is 0. The van der Waals surface area contributed by atoms with Crippen molar-refractivity contribution >= 4 is 17.7 Å². The number of nitrogens with one attached hydrogen (secondary N) is 3. The highest BCUT2D eigenvalue weighted by atomic mass is 16.2. The van der Waals surface area contributed by atoms with Crippen LogP contribution in [0, 0.1) is 0 Å². The molecule has 3 aliphatic rings. The summed E-state index contributed by atoms with van der Waals surface area (Å²) in [4.78, 5) is 31.7. The maximum absolute atomic E-state index is 10.6. The van der Waals surface area contributed by atoms with Gasteiger partial charge in [0.1, 0.15) is 0 Å². The van der Waals surface area contributed by atoms with Gasteiger partial charge >= 0.3 is 0 Å². The first-order valence-corrected chi connectivity index (χ1v) is 9.48. The van der Waals surface area contributed by atoms with E-state index in [9.17, 15) is 14.4 Å². The van der Waals surface area contributed by atoms with Crippen molar-refractivity contribution in [2.75, 3.05) is 19.6 Å². The van der Waals surface area contributed by atoms with E-state index in [1.165, 1.54) is 19.3 Å². The van der Waals surface area contributed by atoms with Crippen molar-refractivity contribution in [2.45, 2.75) is 77.0 Å². The van der Waals surface area contributed by atoms with Gasteiger partial charge in [-0.2, -0.15) is 0 Å². The summed E-state index contributed by atoms with van der Waals surface area (Å²) in [6, 6.07) is 0. The molecular formula is C18H33N3O3. The normalized spacial score (nSPS) is 21.8. The molecule has 3 heterocycles. The Hall–Kier alpha value is -1.59. The van der Waals surface area contributed by atoms with Gasteiger partial charge in [-0.1, -0.05) is 19.3 Å². The predicted octanol–water partition coefficient (Wildman–Crippen LogP) is 2.03. The number of amides is 3. The molecule has 0 unspecified atom stereocenters. The second-order valence-electron chi connectivity index (χ2n) is 6.48. The Morgan fingerprint density at radius 2 is 0.708 bits per heavy atom. The molecule has 0 atom stereocenters. The summed E-state index contributed by atoms with van der Waals surface area (Å²) >= 11 is 0. The van der Waals surface area contributed by atoms with Gasteiger partial charge in [0.05, 0.1) is 0 Å². The fourth-order valence-corrected chi connectivity index (χ4v) is 2.71. The van der Waals surface area contributed by atoms with E-state index in [0.29, 0.717) is 0 Å². The van der Waals surface area contributed by atoms with Gasteiger partial charge in [0.15, 0.2) is 0 Å². The van der Waals surface area contributed by atoms with E-state index in [1.807, 2.05) is 0 Å². The SMILES string of the molecule is O=C1CCCCCN1.O=C1CCCCCN1.O=C1CCCCCN1. The van der Waals surface area contributed by atoms with Gasteiger partial charge in [-0.3, -0.25) is 14.4 Å². The van der Waals surface area contributed by atoms with E-state index < -0.39 is 0 Å². The Kier molecular flexibility index (Phi) is 11.8. The first-order chi connectivity index (χ1) is 11.7. The molecule has 6 heteroatoms. The molecule has 3 rings (SSSR count). The smallest absolute Gasteiger partial charge is 0.219 e. The van der Waals surface area contributed by atoms with Crippen LogP contribution in [0.5, 0.6) is 0 Å². The lowest BCUT2D eigenvalue weighted by Crippen LogP contribution is -2.21. The molecule has 0 aromatic rings. The predicted molar refractivity (Wildman–Crippen MR) is 94.4 cm³/mol. The number of hydrogen-bond acceptors (Lipinski definition) is 3. The van der Waals surface area contributed by atoms with Crippen molar-refractivity contribution in [1.29, 1.82) is 0 Å². The van der Waals surface area contributed by atoms with Gasteiger partial charge < -0.3 is 16.0 Å². The van der Waals surface area contributed by atoms with E-state index in [2.05, 4.69) is 16.0 Å². The molecule has 3 N–H and O–H groups in total. The van der Waals surface area contributed by atoms with Crippen molar-refractivity contribution in [1.82, 2.24) is 16.0 Å². The van der Waals surface area contributed by atoms with Crippen molar-refractivity contribution < 1.29 is 14.4 Å². The third-order valence-corrected chi connectivity index (χ3v) is 4.21. The van der Waals surface area contributed by atoms with Crippen LogP contribution in [0.2, 0.25) is 0 Å². The quantitative estimate of drug-likeness (QED) is 0.631. The molecule has 3 saturated heterocycles. The van der Waals surface area contributed by atoms with Crippen LogP contribution in [-0.2, 0) is 14.4 Å². The first kappa shape index (κ1) is 20.5. The number of rotatable bonds is 0. The monoisotopic (exact) mass is 339 g/mol. The zero-order chi connectivity index (χ0) is 17.5. The number of hydrogen-bond donors (Lipinski definition) is 3. The molecular weight excluding hydrogens is 306 g/mol. The van der Waals surface area contributed by atoms with Crippen LogP contribution in [-0.4, -0.2) is 37.4 Å². The minimum absolute atomic E-state index is 0.225. The van der Waals surface area contributed by atoms with Crippen molar-refractivity contribution in [2.24, 2.45) is 0 Å². The Balaban J connectivity index is 0.000000180. The molecule has 6 nitrogen and oxygen atoms in total. The molecule has 3 fully saturated rings. The van der Waals surface area contributed by atoms with E-state index in [0.717, 1.165) is 77.4 Å². The second kappa shape index (κ2) is 13.8. The molecule has 3 aliphatic heterocycles. The summed E-state index contributed by atoms with van der Waals surface area (Å²) in [6.45, 7) is 2.66. The third kappa shape index (κ3) is 11.9. The van der Waals surface area contributed by atoms with Crippen LogP contribution in [0.1, 0.15) is 77.0 Å². The summed E-state index contributed by atoms with van der Waals surface area (Å²) in [5, 5.41) is 8.42. The average Bonchev–Trinajstić information content (AvgIpc) is 3.05. The fourth-order valence-electron chi connectivity index (χ4n) is 2.71. The van der Waals surface area contributed by atoms with Gasteiger partial charge in [-0.05, 0) is 38.5 Å². The van der Waals surface area contributed by atoms with E-state index >= 15 is 0 Å². The van der Waals surface area contributed by atoms with Gasteiger partial charge in [-0.15, -0.1) is 0 Å². The van der Waals surface area contributed by atoms with Crippen LogP contribution in [0.4, 0.5) is 0 Å². The molecule has 0 bridgehead atoms. The summed E-state index contributed by atoms with van der Waals surface area (Å²) in [6.07, 6.45) is 12.5. The number of carbonyl (C=O) groups excluding carboxylic acids is 3. The van der Waals surface area contributed by atoms with Crippen molar-refractivity contribution in [3.8, 4) is 0 Å². The van der Waals surface area contributed by atoms with Crippen LogP contribution in [0.15, 0.2) is 0 Å². The summed E-state index contributed by atoms with van der Waals surface area (Å²) in [5.41, 5.74) is 0. The molecule has 0 aromatic carbocycles. The van der Waals surface area contributed by atoms with E-state index in [1.54, 1.807) is 0 Å². The third-order valence-electron chi connectivity index (χ3n) is 4.21. The number of carbonyl (C=O) groups is 3. The van der Waals surface area contributed by atoms with E-state index in [-0.39, 0.29) is 17.7 Å². The lowest BCUT2D eigenvalue weighted by molar-refractivity contribution is -0.121. The van der Waals surface area contributed by atoms with Crippen molar-refractivity contribution in [3.63, 3.8) is 0 Å². The summed E-state index contributed by atoms with van der Waals surface area (Å²) < 4.78 is 0. The van der Waals surface area contributed by atoms with Crippen molar-refractivity contribution in [3.05, 3.63) is 0 Å². The standard InChI is InChI=1S/3C6H11NO/c3*8-6-4-2-1-3-5-7-6/h3*1-5H2,(H,7,8). The van der Waals surface area contributed by atoms with Gasteiger partial charge in [0.2, 0.25) is 17.7 Å². The first-order valence-electron chi connectivity index (χ1n) is 9.48. The van der Waals surface area contributed by atoms with Crippen LogP contribution in [0.3, 0.4) is 0 Å². The molecule has 0 spiro atoms. The second-order valence-corrected chi connectivity index (χ2v) is 6.48. The molecule has 0 radical (unpaired) electrons. The minimum Gasteiger partial charge on any atom is -0.356 e. The summed E-state index contributed by atoms with van der Waals surface area (Å²) in [5.74, 6) is 0.674. The lowest BCUT2D eigenvalue weighted by atomic mass is 10.2. The van der Waals surface area contributed by atoms with Crippen LogP contribution >= 0.6 is 0 Å². The molecule has 138 valence electrons. The zero-order valence-corrected chi connectivity index (χ0v) is 14.8. The van der Waals surface area contributed by atoms with E-state index in [4.69, 9.17) is 0 Å². The molecule has 3 amide bonds. The lowest BCUT2D eigenvalue weighted by Gasteiger charge is -1.93. The highest BCUT2D eigenvalue weighted by Crippen LogP contribution is 2.03. The molecule has 0 aliphatic carbocycles. The Morgan fingerprint density at radius 3 is 1.00 bits per heavy atom. The molecule has 0 saturated carbocycles. The topological polar surface area (TPSA) is 87.3 Å². The highest BCUT2D eigenvalue weighted by molar-refractivity contribution is 5.76.